The molecule has 4 rings (SSSR count). The summed E-state index contributed by atoms with van der Waals surface area (Å²) in [6.45, 7) is 4.92. The summed E-state index contributed by atoms with van der Waals surface area (Å²) >= 11 is 0. The lowest BCUT2D eigenvalue weighted by Gasteiger charge is -2.26. The molecule has 0 saturated carbocycles. The Kier molecular flexibility index (Phi) is 8.27. The molecule has 0 bridgehead atoms. The number of ether oxygens (including phenoxy) is 3. The fraction of sp³-hybridized carbons (Fsp3) is 0.345. The largest absolute Gasteiger partial charge is 0.492 e. The number of carbonyl (C=O) groups excluding carboxylic acids is 1. The van der Waals surface area contributed by atoms with E-state index in [4.69, 9.17) is 19.9 Å². The number of hydrogen-bond donors (Lipinski definition) is 1. The maximum atomic E-state index is 12.7. The Morgan fingerprint density at radius 2 is 1.60 bits per heavy atom. The van der Waals surface area contributed by atoms with E-state index < -0.39 is 5.91 Å². The van der Waals surface area contributed by atoms with Crippen molar-refractivity contribution < 1.29 is 19.0 Å². The van der Waals surface area contributed by atoms with E-state index in [9.17, 15) is 4.79 Å². The average Bonchev–Trinajstić information content (AvgIpc) is 3.34. The summed E-state index contributed by atoms with van der Waals surface area (Å²) in [5, 5.41) is 0. The fourth-order valence-corrected chi connectivity index (χ4v) is 4.79. The maximum absolute atomic E-state index is 12.7. The van der Waals surface area contributed by atoms with Gasteiger partial charge >= 0.3 is 0 Å². The van der Waals surface area contributed by atoms with Crippen LogP contribution in [0.1, 0.15) is 46.8 Å². The van der Waals surface area contributed by atoms with Gasteiger partial charge in [0.25, 0.3) is 5.91 Å². The zero-order chi connectivity index (χ0) is 24.6. The number of carbonyl (C=O) groups is 1. The molecule has 0 radical (unpaired) electrons. The lowest BCUT2D eigenvalue weighted by molar-refractivity contribution is 0.0991. The topological polar surface area (TPSA) is 74.0 Å². The van der Waals surface area contributed by atoms with Crippen LogP contribution < -0.4 is 19.9 Å². The Balaban J connectivity index is 1.73. The summed E-state index contributed by atoms with van der Waals surface area (Å²) in [7, 11) is 1.52. The number of rotatable bonds is 11. The average molecular weight is 475 g/mol. The molecule has 1 fully saturated rings. The van der Waals surface area contributed by atoms with Crippen molar-refractivity contribution in [1.29, 1.82) is 0 Å². The highest BCUT2D eigenvalue weighted by molar-refractivity contribution is 6.00. The highest BCUT2D eigenvalue weighted by Gasteiger charge is 2.29. The first-order chi connectivity index (χ1) is 17.1. The van der Waals surface area contributed by atoms with Crippen molar-refractivity contribution in [2.45, 2.75) is 45.4 Å². The molecule has 2 N–H and O–H groups in total. The van der Waals surface area contributed by atoms with E-state index in [0.717, 1.165) is 49.0 Å². The van der Waals surface area contributed by atoms with Gasteiger partial charge in [0.15, 0.2) is 11.5 Å². The second kappa shape index (κ2) is 11.8. The molecule has 35 heavy (non-hydrogen) atoms. The monoisotopic (exact) mass is 474 g/mol. The van der Waals surface area contributed by atoms with Crippen molar-refractivity contribution in [2.24, 2.45) is 5.73 Å². The van der Waals surface area contributed by atoms with Crippen molar-refractivity contribution in [3.05, 3.63) is 89.0 Å². The Bertz CT molecular complexity index is 1120. The molecule has 1 heterocycles. The predicted molar refractivity (Wildman–Crippen MR) is 137 cm³/mol. The summed E-state index contributed by atoms with van der Waals surface area (Å²) in [5.74, 6) is 0.676. The van der Waals surface area contributed by atoms with E-state index in [0.29, 0.717) is 36.5 Å². The molecule has 3 aromatic carbocycles. The number of hydrogen-bond acceptors (Lipinski definition) is 5. The zero-order valence-corrected chi connectivity index (χ0v) is 20.5. The number of likely N-dealkylation sites (tertiary alicyclic amines) is 1. The van der Waals surface area contributed by atoms with Crippen LogP contribution in [0.15, 0.2) is 66.7 Å². The van der Waals surface area contributed by atoms with Gasteiger partial charge in [-0.15, -0.1) is 0 Å². The van der Waals surface area contributed by atoms with Crippen LogP contribution in [0, 0.1) is 0 Å². The molecule has 184 valence electrons. The lowest BCUT2D eigenvalue weighted by Crippen LogP contribution is -2.31. The third-order valence-corrected chi connectivity index (χ3v) is 6.55. The number of likely N-dealkylation sites (N-methyl/N-ethyl adjacent to an activating group) is 1. The van der Waals surface area contributed by atoms with Crippen molar-refractivity contribution in [3.8, 4) is 17.2 Å². The van der Waals surface area contributed by atoms with Crippen LogP contribution in [0.4, 0.5) is 0 Å². The number of benzene rings is 3. The van der Waals surface area contributed by atoms with E-state index in [1.807, 2.05) is 66.7 Å². The highest BCUT2D eigenvalue weighted by Crippen LogP contribution is 2.42. The van der Waals surface area contributed by atoms with Crippen LogP contribution in [0.3, 0.4) is 0 Å². The first kappa shape index (κ1) is 24.6. The van der Waals surface area contributed by atoms with E-state index >= 15 is 0 Å². The van der Waals surface area contributed by atoms with Gasteiger partial charge in [-0.25, -0.2) is 0 Å². The minimum Gasteiger partial charge on any atom is -0.492 e. The Morgan fingerprint density at radius 1 is 0.971 bits per heavy atom. The van der Waals surface area contributed by atoms with Gasteiger partial charge in [0.05, 0.1) is 7.11 Å². The van der Waals surface area contributed by atoms with Gasteiger partial charge < -0.3 is 24.8 Å². The Labute approximate surface area is 207 Å². The van der Waals surface area contributed by atoms with E-state index in [1.54, 1.807) is 0 Å². The standard InChI is InChI=1S/C29H34N2O4/c1-3-31-16-10-15-24(31)17-23-18-25(34-19-21-11-6-4-7-12-21)28(33-2)26(29(30)32)27(23)35-20-22-13-8-5-9-14-22/h4-9,11-14,18,24H,3,10,15-17,19-20H2,1-2H3,(H2,30,32)/t24-/m0/s1. The van der Waals surface area contributed by atoms with Crippen LogP contribution >= 0.6 is 0 Å². The molecule has 0 spiro atoms. The number of methoxy groups -OCH3 is 1. The van der Waals surface area contributed by atoms with Crippen LogP contribution in [0.2, 0.25) is 0 Å². The molecule has 0 unspecified atom stereocenters. The third-order valence-electron chi connectivity index (χ3n) is 6.55. The van der Waals surface area contributed by atoms with Crippen molar-refractivity contribution in [2.75, 3.05) is 20.2 Å². The highest BCUT2D eigenvalue weighted by atomic mass is 16.5. The SMILES string of the molecule is CCN1CCC[C@H]1Cc1cc(OCc2ccccc2)c(OC)c(C(N)=O)c1OCc1ccccc1. The van der Waals surface area contributed by atoms with Gasteiger partial charge in [0.2, 0.25) is 0 Å². The van der Waals surface area contributed by atoms with E-state index in [2.05, 4.69) is 11.8 Å². The first-order valence-electron chi connectivity index (χ1n) is 12.2. The van der Waals surface area contributed by atoms with Crippen LogP contribution in [0.5, 0.6) is 17.2 Å². The molecule has 1 atom stereocenters. The Hall–Kier alpha value is -3.51. The molecule has 6 heteroatoms. The molecular weight excluding hydrogens is 440 g/mol. The zero-order valence-electron chi connectivity index (χ0n) is 20.5. The van der Waals surface area contributed by atoms with Gasteiger partial charge in [-0.1, -0.05) is 67.6 Å². The maximum Gasteiger partial charge on any atom is 0.256 e. The van der Waals surface area contributed by atoms with Crippen molar-refractivity contribution in [3.63, 3.8) is 0 Å². The molecule has 1 amide bonds. The van der Waals surface area contributed by atoms with Gasteiger partial charge in [-0.3, -0.25) is 4.79 Å². The summed E-state index contributed by atoms with van der Waals surface area (Å²) in [6.07, 6.45) is 3.00. The minimum atomic E-state index is -0.602. The van der Waals surface area contributed by atoms with Gasteiger partial charge in [-0.2, -0.15) is 0 Å². The molecular formula is C29H34N2O4. The molecule has 1 aliphatic rings. The van der Waals surface area contributed by atoms with Crippen molar-refractivity contribution >= 4 is 5.91 Å². The number of primary amides is 1. The predicted octanol–water partition coefficient (Wildman–Crippen LogP) is 4.98. The molecule has 1 aliphatic heterocycles. The fourth-order valence-electron chi connectivity index (χ4n) is 4.79. The van der Waals surface area contributed by atoms with Crippen molar-refractivity contribution in [1.82, 2.24) is 4.90 Å². The second-order valence-corrected chi connectivity index (χ2v) is 8.81. The van der Waals surface area contributed by atoms with E-state index in [-0.39, 0.29) is 5.56 Å². The summed E-state index contributed by atoms with van der Waals surface area (Å²) in [6, 6.07) is 22.1. The molecule has 3 aromatic rings. The van der Waals surface area contributed by atoms with Gasteiger partial charge in [0, 0.05) is 11.6 Å². The normalized spacial score (nSPS) is 15.7. The number of nitrogens with zero attached hydrogens (tertiary/aromatic N) is 1. The number of amides is 1. The Morgan fingerprint density at radius 3 is 2.17 bits per heavy atom. The lowest BCUT2D eigenvalue weighted by atomic mass is 9.98. The summed E-state index contributed by atoms with van der Waals surface area (Å²) in [5.41, 5.74) is 9.06. The quantitative estimate of drug-likeness (QED) is 0.424. The smallest absolute Gasteiger partial charge is 0.256 e. The second-order valence-electron chi connectivity index (χ2n) is 8.81. The third kappa shape index (κ3) is 5.95. The minimum absolute atomic E-state index is 0.227. The van der Waals surface area contributed by atoms with Crippen LogP contribution in [-0.4, -0.2) is 37.0 Å². The van der Waals surface area contributed by atoms with E-state index in [1.165, 1.54) is 7.11 Å². The molecule has 0 aliphatic carbocycles. The first-order valence-corrected chi connectivity index (χ1v) is 12.2. The molecule has 6 nitrogen and oxygen atoms in total. The molecule has 0 aromatic heterocycles. The van der Waals surface area contributed by atoms with Crippen LogP contribution in [-0.2, 0) is 19.6 Å². The summed E-state index contributed by atoms with van der Waals surface area (Å²) in [4.78, 5) is 15.2. The number of nitrogens with two attached hydrogens (primary N) is 1. The molecule has 1 saturated heterocycles. The summed E-state index contributed by atoms with van der Waals surface area (Å²) < 4.78 is 18.1. The van der Waals surface area contributed by atoms with Crippen LogP contribution in [0.25, 0.3) is 0 Å². The van der Waals surface area contributed by atoms with Gasteiger partial charge in [-0.05, 0) is 49.5 Å². The van der Waals surface area contributed by atoms with Gasteiger partial charge in [0.1, 0.15) is 24.5 Å².